The second-order valence-electron chi connectivity index (χ2n) is 2.95. The molecule has 0 aliphatic rings. The average Bonchev–Trinajstić information content (AvgIpc) is 2.68. The first-order valence-corrected chi connectivity index (χ1v) is 4.72. The van der Waals surface area contributed by atoms with Crippen molar-refractivity contribution in [1.29, 1.82) is 0 Å². The monoisotopic (exact) mass is 238 g/mol. The van der Waals surface area contributed by atoms with Crippen molar-refractivity contribution in [3.8, 4) is 5.75 Å². The van der Waals surface area contributed by atoms with Gasteiger partial charge in [-0.2, -0.15) is 0 Å². The molecule has 1 aromatic carbocycles. The number of ether oxygens (including phenoxy) is 1. The van der Waals surface area contributed by atoms with Crippen molar-refractivity contribution in [3.63, 3.8) is 0 Å². The maximum absolute atomic E-state index is 11.5. The Morgan fingerprint density at radius 1 is 1.38 bits per heavy atom. The van der Waals surface area contributed by atoms with Gasteiger partial charge in [0.1, 0.15) is 11.3 Å². The predicted molar refractivity (Wildman–Crippen MR) is 57.3 cm³/mol. The Bertz CT molecular complexity index is 507. The third-order valence-electron chi connectivity index (χ3n) is 1.84. The molecular weight excluding hydrogens is 232 g/mol. The number of benzene rings is 1. The largest absolute Gasteiger partial charge is 0.423 e. The van der Waals surface area contributed by atoms with Crippen molar-refractivity contribution >= 4 is 23.5 Å². The standard InChI is InChI=1S/C10H7ClN2O3/c11-6-1-3-7(4-2-6)15-10(14)8-5-13-16-9(8)12/h1-5H,12H2. The number of hydrogen-bond donors (Lipinski definition) is 1. The minimum Gasteiger partial charge on any atom is -0.423 e. The van der Waals surface area contributed by atoms with Gasteiger partial charge in [0.05, 0.1) is 6.20 Å². The fraction of sp³-hybridized carbons (Fsp3) is 0. The summed E-state index contributed by atoms with van der Waals surface area (Å²) >= 11 is 5.69. The molecule has 0 radical (unpaired) electrons. The Balaban J connectivity index is 2.14. The van der Waals surface area contributed by atoms with Crippen LogP contribution in [-0.4, -0.2) is 11.1 Å². The van der Waals surface area contributed by atoms with Crippen LogP contribution in [0.1, 0.15) is 10.4 Å². The number of esters is 1. The van der Waals surface area contributed by atoms with Crippen LogP contribution in [0.5, 0.6) is 5.75 Å². The highest BCUT2D eigenvalue weighted by molar-refractivity contribution is 6.30. The van der Waals surface area contributed by atoms with Gasteiger partial charge in [0, 0.05) is 5.02 Å². The van der Waals surface area contributed by atoms with E-state index in [1.807, 2.05) is 0 Å². The lowest BCUT2D eigenvalue weighted by Crippen LogP contribution is -2.09. The van der Waals surface area contributed by atoms with Crippen molar-refractivity contribution in [1.82, 2.24) is 5.16 Å². The summed E-state index contributed by atoms with van der Waals surface area (Å²) in [6, 6.07) is 6.37. The molecule has 16 heavy (non-hydrogen) atoms. The Labute approximate surface area is 95.7 Å². The molecule has 2 N–H and O–H groups in total. The molecular formula is C10H7ClN2O3. The zero-order valence-corrected chi connectivity index (χ0v) is 8.77. The smallest absolute Gasteiger partial charge is 0.350 e. The van der Waals surface area contributed by atoms with E-state index in [0.717, 1.165) is 0 Å². The lowest BCUT2D eigenvalue weighted by molar-refractivity contribution is 0.0735. The highest BCUT2D eigenvalue weighted by Gasteiger charge is 2.15. The molecule has 0 spiro atoms. The number of anilines is 1. The fourth-order valence-corrected chi connectivity index (χ4v) is 1.19. The van der Waals surface area contributed by atoms with Crippen molar-refractivity contribution in [2.24, 2.45) is 0 Å². The Hall–Kier alpha value is -2.01. The lowest BCUT2D eigenvalue weighted by Gasteiger charge is -2.02. The van der Waals surface area contributed by atoms with Crippen LogP contribution in [0.2, 0.25) is 5.02 Å². The van der Waals surface area contributed by atoms with Crippen molar-refractivity contribution < 1.29 is 14.1 Å². The van der Waals surface area contributed by atoms with Crippen LogP contribution in [-0.2, 0) is 0 Å². The van der Waals surface area contributed by atoms with Crippen LogP contribution >= 0.6 is 11.6 Å². The maximum Gasteiger partial charge on any atom is 0.350 e. The van der Waals surface area contributed by atoms with Gasteiger partial charge in [0.2, 0.25) is 5.88 Å². The highest BCUT2D eigenvalue weighted by atomic mass is 35.5. The molecule has 1 heterocycles. The molecule has 0 aliphatic heterocycles. The van der Waals surface area contributed by atoms with Gasteiger partial charge < -0.3 is 15.0 Å². The summed E-state index contributed by atoms with van der Waals surface area (Å²) in [5, 5.41) is 3.94. The zero-order valence-electron chi connectivity index (χ0n) is 8.01. The highest BCUT2D eigenvalue weighted by Crippen LogP contribution is 2.18. The maximum atomic E-state index is 11.5. The van der Waals surface area contributed by atoms with Gasteiger partial charge in [-0.1, -0.05) is 16.8 Å². The molecule has 1 aromatic heterocycles. The Morgan fingerprint density at radius 2 is 2.06 bits per heavy atom. The van der Waals surface area contributed by atoms with Gasteiger partial charge >= 0.3 is 5.97 Å². The number of aromatic nitrogens is 1. The molecule has 0 atom stereocenters. The number of hydrogen-bond acceptors (Lipinski definition) is 5. The van der Waals surface area contributed by atoms with Gasteiger partial charge in [-0.3, -0.25) is 0 Å². The molecule has 0 saturated heterocycles. The van der Waals surface area contributed by atoms with Gasteiger partial charge in [-0.15, -0.1) is 0 Å². The van der Waals surface area contributed by atoms with E-state index in [-0.39, 0.29) is 11.4 Å². The lowest BCUT2D eigenvalue weighted by atomic mass is 10.3. The first kappa shape index (κ1) is 10.5. The molecule has 82 valence electrons. The topological polar surface area (TPSA) is 78.4 Å². The molecule has 0 amide bonds. The van der Waals surface area contributed by atoms with E-state index in [1.165, 1.54) is 6.20 Å². The van der Waals surface area contributed by atoms with Gasteiger partial charge in [0.25, 0.3) is 0 Å². The molecule has 0 bridgehead atoms. The van der Waals surface area contributed by atoms with Gasteiger partial charge in [0.15, 0.2) is 0 Å². The van der Waals surface area contributed by atoms with Crippen LogP contribution in [0, 0.1) is 0 Å². The van der Waals surface area contributed by atoms with Crippen molar-refractivity contribution in [2.75, 3.05) is 5.73 Å². The van der Waals surface area contributed by atoms with E-state index in [2.05, 4.69) is 9.68 Å². The van der Waals surface area contributed by atoms with E-state index in [1.54, 1.807) is 24.3 Å². The normalized spacial score (nSPS) is 10.1. The quantitative estimate of drug-likeness (QED) is 0.641. The van der Waals surface area contributed by atoms with E-state index in [9.17, 15) is 4.79 Å². The second-order valence-corrected chi connectivity index (χ2v) is 3.38. The van der Waals surface area contributed by atoms with Crippen molar-refractivity contribution in [2.45, 2.75) is 0 Å². The Morgan fingerprint density at radius 3 is 2.62 bits per heavy atom. The molecule has 6 heteroatoms. The van der Waals surface area contributed by atoms with E-state index in [4.69, 9.17) is 22.1 Å². The number of rotatable bonds is 2. The molecule has 2 aromatic rings. The molecule has 0 fully saturated rings. The summed E-state index contributed by atoms with van der Waals surface area (Å²) in [6.45, 7) is 0. The van der Waals surface area contributed by atoms with Crippen LogP contribution in [0.3, 0.4) is 0 Å². The number of nitrogens with two attached hydrogens (primary N) is 1. The van der Waals surface area contributed by atoms with Crippen LogP contribution < -0.4 is 10.5 Å². The number of carbonyl (C=O) groups is 1. The summed E-state index contributed by atoms with van der Waals surface area (Å²) in [4.78, 5) is 11.5. The molecule has 0 aliphatic carbocycles. The Kier molecular flexibility index (Phi) is 2.78. The summed E-state index contributed by atoms with van der Waals surface area (Å²) in [6.07, 6.45) is 1.20. The minimum absolute atomic E-state index is 0.0704. The summed E-state index contributed by atoms with van der Waals surface area (Å²) in [5.41, 5.74) is 5.46. The molecule has 5 nitrogen and oxygen atoms in total. The first-order chi connectivity index (χ1) is 7.66. The average molecular weight is 239 g/mol. The third kappa shape index (κ3) is 2.14. The fourth-order valence-electron chi connectivity index (χ4n) is 1.07. The second kappa shape index (κ2) is 4.24. The van der Waals surface area contributed by atoms with Gasteiger partial charge in [-0.25, -0.2) is 4.79 Å². The number of halogens is 1. The molecule has 2 rings (SSSR count). The number of nitrogen functional groups attached to an aromatic ring is 1. The SMILES string of the molecule is Nc1oncc1C(=O)Oc1ccc(Cl)cc1. The van der Waals surface area contributed by atoms with E-state index >= 15 is 0 Å². The number of carbonyl (C=O) groups excluding carboxylic acids is 1. The van der Waals surface area contributed by atoms with E-state index in [0.29, 0.717) is 10.8 Å². The summed E-state index contributed by atoms with van der Waals surface area (Å²) < 4.78 is 9.57. The van der Waals surface area contributed by atoms with Crippen molar-refractivity contribution in [3.05, 3.63) is 41.0 Å². The van der Waals surface area contributed by atoms with E-state index < -0.39 is 5.97 Å². The van der Waals surface area contributed by atoms with Crippen LogP contribution in [0.25, 0.3) is 0 Å². The van der Waals surface area contributed by atoms with Crippen LogP contribution in [0.4, 0.5) is 5.88 Å². The summed E-state index contributed by atoms with van der Waals surface area (Å²) in [7, 11) is 0. The van der Waals surface area contributed by atoms with Gasteiger partial charge in [-0.05, 0) is 24.3 Å². The number of nitrogens with zero attached hydrogens (tertiary/aromatic N) is 1. The molecule has 0 saturated carbocycles. The predicted octanol–water partition coefficient (Wildman–Crippen LogP) is 2.13. The van der Waals surface area contributed by atoms with Crippen LogP contribution in [0.15, 0.2) is 35.0 Å². The first-order valence-electron chi connectivity index (χ1n) is 4.34. The summed E-state index contributed by atoms with van der Waals surface area (Å²) in [5.74, 6) is -0.324. The molecule has 0 unspecified atom stereocenters. The third-order valence-corrected chi connectivity index (χ3v) is 2.09. The minimum atomic E-state index is -0.624. The zero-order chi connectivity index (χ0) is 11.5.